The molecule has 26 heavy (non-hydrogen) atoms. The summed E-state index contributed by atoms with van der Waals surface area (Å²) in [5, 5.41) is 4.32. The number of likely N-dealkylation sites (tertiary alicyclic amines) is 1. The van der Waals surface area contributed by atoms with Crippen LogP contribution in [-0.4, -0.2) is 95.5 Å². The molecule has 1 aromatic rings. The smallest absolute Gasteiger partial charge is 0.274 e. The van der Waals surface area contributed by atoms with E-state index in [-0.39, 0.29) is 29.3 Å². The SMILES string of the molecule is COCCn1ccc(C(=O)N2CC3(C[C@@H](OCC(=O)N(C)C)CS3)C2)n1. The molecule has 0 bridgehead atoms. The summed E-state index contributed by atoms with van der Waals surface area (Å²) in [5.74, 6) is 0.818. The number of aromatic nitrogens is 2. The first-order chi connectivity index (χ1) is 12.4. The summed E-state index contributed by atoms with van der Waals surface area (Å²) in [4.78, 5) is 27.6. The molecule has 2 aliphatic heterocycles. The second kappa shape index (κ2) is 7.98. The highest BCUT2D eigenvalue weighted by Crippen LogP contribution is 2.46. The van der Waals surface area contributed by atoms with Crippen LogP contribution in [0.15, 0.2) is 12.3 Å². The molecule has 1 spiro atoms. The molecule has 0 aliphatic carbocycles. The van der Waals surface area contributed by atoms with Gasteiger partial charge in [-0.2, -0.15) is 5.10 Å². The zero-order valence-corrected chi connectivity index (χ0v) is 16.3. The number of rotatable bonds is 7. The molecule has 9 heteroatoms. The Morgan fingerprint density at radius 3 is 2.88 bits per heavy atom. The molecule has 0 radical (unpaired) electrons. The third-order valence-electron chi connectivity index (χ3n) is 4.75. The topological polar surface area (TPSA) is 76.9 Å². The fraction of sp³-hybridized carbons (Fsp3) is 0.706. The Morgan fingerprint density at radius 2 is 2.19 bits per heavy atom. The first kappa shape index (κ1) is 19.2. The normalized spacial score (nSPS) is 21.0. The van der Waals surface area contributed by atoms with Crippen LogP contribution in [0.25, 0.3) is 0 Å². The van der Waals surface area contributed by atoms with Gasteiger partial charge in [-0.15, -0.1) is 11.8 Å². The molecule has 0 N–H and O–H groups in total. The van der Waals surface area contributed by atoms with E-state index in [0.29, 0.717) is 31.9 Å². The van der Waals surface area contributed by atoms with Gasteiger partial charge in [0.25, 0.3) is 5.91 Å². The minimum Gasteiger partial charge on any atom is -0.383 e. The predicted molar refractivity (Wildman–Crippen MR) is 98.2 cm³/mol. The molecule has 8 nitrogen and oxygen atoms in total. The van der Waals surface area contributed by atoms with Gasteiger partial charge in [0, 0.05) is 46.2 Å². The second-order valence-corrected chi connectivity index (χ2v) is 8.53. The fourth-order valence-corrected chi connectivity index (χ4v) is 4.74. The van der Waals surface area contributed by atoms with Crippen LogP contribution in [0.2, 0.25) is 0 Å². The van der Waals surface area contributed by atoms with Gasteiger partial charge in [-0.1, -0.05) is 0 Å². The summed E-state index contributed by atoms with van der Waals surface area (Å²) in [6, 6.07) is 1.75. The molecular formula is C17H26N4O4S. The second-order valence-electron chi connectivity index (χ2n) is 7.04. The molecule has 2 amide bonds. The van der Waals surface area contributed by atoms with E-state index in [4.69, 9.17) is 9.47 Å². The molecule has 1 atom stereocenters. The zero-order valence-electron chi connectivity index (χ0n) is 15.5. The Labute approximate surface area is 157 Å². The Hall–Kier alpha value is -1.58. The monoisotopic (exact) mass is 382 g/mol. The highest BCUT2D eigenvalue weighted by Gasteiger charge is 2.51. The summed E-state index contributed by atoms with van der Waals surface area (Å²) in [5.41, 5.74) is 0.475. The Morgan fingerprint density at radius 1 is 1.42 bits per heavy atom. The summed E-state index contributed by atoms with van der Waals surface area (Å²) >= 11 is 1.85. The van der Waals surface area contributed by atoms with Crippen molar-refractivity contribution in [2.24, 2.45) is 0 Å². The number of hydrogen-bond acceptors (Lipinski definition) is 6. The van der Waals surface area contributed by atoms with Crippen LogP contribution >= 0.6 is 11.8 Å². The molecular weight excluding hydrogens is 356 g/mol. The van der Waals surface area contributed by atoms with Crippen LogP contribution in [-0.2, 0) is 20.8 Å². The molecule has 1 aromatic heterocycles. The molecule has 3 heterocycles. The van der Waals surface area contributed by atoms with E-state index in [1.807, 2.05) is 16.7 Å². The first-order valence-electron chi connectivity index (χ1n) is 8.70. The minimum absolute atomic E-state index is 0.0228. The highest BCUT2D eigenvalue weighted by atomic mass is 32.2. The third-order valence-corrected chi connectivity index (χ3v) is 6.32. The average molecular weight is 382 g/mol. The molecule has 2 aliphatic rings. The van der Waals surface area contributed by atoms with Gasteiger partial charge >= 0.3 is 0 Å². The lowest BCUT2D eigenvalue weighted by molar-refractivity contribution is -0.135. The van der Waals surface area contributed by atoms with Gasteiger partial charge in [-0.3, -0.25) is 14.3 Å². The third kappa shape index (κ3) is 4.21. The van der Waals surface area contributed by atoms with Crippen molar-refractivity contribution in [1.29, 1.82) is 0 Å². The van der Waals surface area contributed by atoms with Gasteiger partial charge in [0.2, 0.25) is 5.91 Å². The standard InChI is InChI=1S/C17H26N4O4S/c1-19(2)15(22)9-25-13-8-17(26-10-13)11-20(12-17)16(23)14-4-5-21(18-14)6-7-24-3/h4-5,13H,6-12H2,1-3H3/t13-/m1/s1. The number of hydrogen-bond donors (Lipinski definition) is 0. The van der Waals surface area contributed by atoms with Crippen LogP contribution in [0.3, 0.4) is 0 Å². The quantitative estimate of drug-likeness (QED) is 0.677. The number of ether oxygens (including phenoxy) is 2. The predicted octanol–water partition coefficient (Wildman–Crippen LogP) is 0.334. The number of amides is 2. The van der Waals surface area contributed by atoms with E-state index in [0.717, 1.165) is 12.2 Å². The zero-order chi connectivity index (χ0) is 18.7. The van der Waals surface area contributed by atoms with Gasteiger partial charge in [-0.05, 0) is 12.5 Å². The summed E-state index contributed by atoms with van der Waals surface area (Å²) in [7, 11) is 5.09. The molecule has 0 aromatic carbocycles. The molecule has 2 fully saturated rings. The first-order valence-corrected chi connectivity index (χ1v) is 9.68. The summed E-state index contributed by atoms with van der Waals surface area (Å²) in [6.07, 6.45) is 2.76. The number of carbonyl (C=O) groups excluding carboxylic acids is 2. The number of methoxy groups -OCH3 is 1. The van der Waals surface area contributed by atoms with Crippen molar-refractivity contribution in [3.63, 3.8) is 0 Å². The molecule has 144 valence electrons. The van der Waals surface area contributed by atoms with Crippen molar-refractivity contribution in [2.45, 2.75) is 23.8 Å². The van der Waals surface area contributed by atoms with Crippen molar-refractivity contribution in [3.8, 4) is 0 Å². The molecule has 0 unspecified atom stereocenters. The Bertz CT molecular complexity index is 657. The van der Waals surface area contributed by atoms with E-state index in [1.165, 1.54) is 4.90 Å². The maximum absolute atomic E-state index is 12.6. The number of nitrogens with zero attached hydrogens (tertiary/aromatic N) is 4. The maximum Gasteiger partial charge on any atom is 0.274 e. The van der Waals surface area contributed by atoms with E-state index in [9.17, 15) is 9.59 Å². The Kier molecular flexibility index (Phi) is 5.89. The lowest BCUT2D eigenvalue weighted by Gasteiger charge is -2.47. The van der Waals surface area contributed by atoms with Crippen molar-refractivity contribution >= 4 is 23.6 Å². The molecule has 2 saturated heterocycles. The molecule has 3 rings (SSSR count). The van der Waals surface area contributed by atoms with Crippen LogP contribution in [0.5, 0.6) is 0 Å². The van der Waals surface area contributed by atoms with Crippen molar-refractivity contribution < 1.29 is 19.1 Å². The maximum atomic E-state index is 12.6. The van der Waals surface area contributed by atoms with Gasteiger partial charge < -0.3 is 19.3 Å². The van der Waals surface area contributed by atoms with Crippen molar-refractivity contribution in [1.82, 2.24) is 19.6 Å². The van der Waals surface area contributed by atoms with Gasteiger partial charge in [0.1, 0.15) is 12.3 Å². The van der Waals surface area contributed by atoms with Crippen LogP contribution in [0, 0.1) is 0 Å². The van der Waals surface area contributed by atoms with Crippen LogP contribution in [0.4, 0.5) is 0 Å². The van der Waals surface area contributed by atoms with E-state index >= 15 is 0 Å². The van der Waals surface area contributed by atoms with Crippen molar-refractivity contribution in [3.05, 3.63) is 18.0 Å². The number of carbonyl (C=O) groups is 2. The average Bonchev–Trinajstić information content (AvgIpc) is 3.23. The lowest BCUT2D eigenvalue weighted by Crippen LogP contribution is -2.60. The Balaban J connectivity index is 1.45. The number of thioether (sulfide) groups is 1. The van der Waals surface area contributed by atoms with Crippen LogP contribution < -0.4 is 0 Å². The largest absolute Gasteiger partial charge is 0.383 e. The van der Waals surface area contributed by atoms with Crippen molar-refractivity contribution in [2.75, 3.05) is 53.3 Å². The molecule has 0 saturated carbocycles. The van der Waals surface area contributed by atoms with E-state index in [1.54, 1.807) is 38.2 Å². The van der Waals surface area contributed by atoms with Crippen LogP contribution in [0.1, 0.15) is 16.9 Å². The minimum atomic E-state index is -0.0282. The summed E-state index contributed by atoms with van der Waals surface area (Å²) < 4.78 is 12.6. The van der Waals surface area contributed by atoms with Gasteiger partial charge in [0.15, 0.2) is 0 Å². The lowest BCUT2D eigenvalue weighted by atomic mass is 9.92. The fourth-order valence-electron chi connectivity index (χ4n) is 3.19. The van der Waals surface area contributed by atoms with E-state index in [2.05, 4.69) is 5.10 Å². The number of likely N-dealkylation sites (N-methyl/N-ethyl adjacent to an activating group) is 1. The highest BCUT2D eigenvalue weighted by molar-refractivity contribution is 8.01. The van der Waals surface area contributed by atoms with E-state index < -0.39 is 0 Å². The van der Waals surface area contributed by atoms with Gasteiger partial charge in [-0.25, -0.2) is 0 Å². The van der Waals surface area contributed by atoms with Gasteiger partial charge in [0.05, 0.1) is 24.0 Å². The summed E-state index contributed by atoms with van der Waals surface area (Å²) in [6.45, 7) is 2.74.